The summed E-state index contributed by atoms with van der Waals surface area (Å²) in [5.41, 5.74) is 3.49. The number of Topliss-reactive ketones (excluding diaryl/α,β-unsaturated/α-hetero) is 1. The van der Waals surface area contributed by atoms with Gasteiger partial charge in [-0.05, 0) is 42.9 Å². The largest absolute Gasteiger partial charge is 0.409 e. The number of unbranched alkanes of at least 4 members (excludes halogenated alkanes) is 4. The number of nitrogens with zero attached hydrogens (tertiary/aromatic N) is 1. The molecule has 0 saturated heterocycles. The number of hydrogen-bond acceptors (Lipinski definition) is 3. The smallest absolute Gasteiger partial charge is 0.245 e. The zero-order chi connectivity index (χ0) is 20.4. The molecule has 0 unspecified atom stereocenters. The summed E-state index contributed by atoms with van der Waals surface area (Å²) >= 11 is 3.52. The summed E-state index contributed by atoms with van der Waals surface area (Å²) in [4.78, 5) is 29.7. The number of rotatable bonds is 13. The summed E-state index contributed by atoms with van der Waals surface area (Å²) < 4.78 is 2.48. The van der Waals surface area contributed by atoms with Crippen molar-refractivity contribution in [2.75, 3.05) is 0 Å². The molecule has 0 spiro atoms. The first kappa shape index (κ1) is 22.4. The molecule has 0 atom stereocenters. The van der Waals surface area contributed by atoms with E-state index >= 15 is 0 Å². The fraction of sp³-hybridized carbons (Fsp3) is 0.478. The third kappa shape index (κ3) is 6.06. The van der Waals surface area contributed by atoms with Crippen LogP contribution in [0.1, 0.15) is 79.6 Å². The summed E-state index contributed by atoms with van der Waals surface area (Å²) in [5, 5.41) is 0. The Labute approximate surface area is 176 Å². The quantitative estimate of drug-likeness (QED) is 0.170. The standard InChI is InChI=1S/C23H30BrNO3/c1-3-5-7-11-18-15-25(28-17-19-12-9-10-14-21(19)24)23(22(27)16-26)20(18)13-8-6-4-2/h9-10,12,14-16H,3-8,11,13,17H2,1-2H3. The van der Waals surface area contributed by atoms with Crippen molar-refractivity contribution in [1.29, 1.82) is 0 Å². The zero-order valence-corrected chi connectivity index (χ0v) is 18.5. The number of ketones is 1. The summed E-state index contributed by atoms with van der Waals surface area (Å²) in [6, 6.07) is 7.82. The zero-order valence-electron chi connectivity index (χ0n) is 16.9. The minimum absolute atomic E-state index is 0.318. The molecule has 1 aromatic carbocycles. The Kier molecular flexibility index (Phi) is 9.48. The maximum Gasteiger partial charge on any atom is 0.245 e. The average Bonchev–Trinajstić information content (AvgIpc) is 3.04. The fourth-order valence-corrected chi connectivity index (χ4v) is 3.75. The molecular formula is C23H30BrNO3. The molecule has 0 saturated carbocycles. The highest BCUT2D eigenvalue weighted by molar-refractivity contribution is 9.10. The Bertz CT molecular complexity index is 782. The lowest BCUT2D eigenvalue weighted by atomic mass is 9.98. The van der Waals surface area contributed by atoms with Crippen molar-refractivity contribution in [3.63, 3.8) is 0 Å². The number of halogens is 1. The number of carbonyl (C=O) groups excluding carboxylic acids is 2. The molecule has 0 bridgehead atoms. The van der Waals surface area contributed by atoms with E-state index in [4.69, 9.17) is 4.84 Å². The first-order valence-corrected chi connectivity index (χ1v) is 11.0. The fourth-order valence-electron chi connectivity index (χ4n) is 3.35. The molecule has 0 amide bonds. The van der Waals surface area contributed by atoms with Gasteiger partial charge in [0.05, 0.1) is 0 Å². The lowest BCUT2D eigenvalue weighted by Gasteiger charge is -2.11. The summed E-state index contributed by atoms with van der Waals surface area (Å²) in [6.45, 7) is 4.65. The summed E-state index contributed by atoms with van der Waals surface area (Å²) in [6.07, 6.45) is 10.6. The summed E-state index contributed by atoms with van der Waals surface area (Å²) in [7, 11) is 0. The molecule has 0 N–H and O–H groups in total. The molecule has 0 radical (unpaired) electrons. The molecule has 28 heavy (non-hydrogen) atoms. The van der Waals surface area contributed by atoms with Crippen LogP contribution in [0.15, 0.2) is 34.9 Å². The van der Waals surface area contributed by atoms with E-state index in [9.17, 15) is 9.59 Å². The molecule has 0 aliphatic heterocycles. The van der Waals surface area contributed by atoms with Gasteiger partial charge in [-0.2, -0.15) is 4.73 Å². The van der Waals surface area contributed by atoms with Crippen molar-refractivity contribution in [3.8, 4) is 0 Å². The highest BCUT2D eigenvalue weighted by Crippen LogP contribution is 2.24. The maximum absolute atomic E-state index is 12.4. The minimum Gasteiger partial charge on any atom is -0.409 e. The van der Waals surface area contributed by atoms with Crippen LogP contribution >= 0.6 is 15.9 Å². The Hall–Kier alpha value is -1.88. The van der Waals surface area contributed by atoms with Crippen LogP contribution in [0.25, 0.3) is 0 Å². The average molecular weight is 448 g/mol. The molecule has 5 heteroatoms. The first-order chi connectivity index (χ1) is 13.6. The van der Waals surface area contributed by atoms with E-state index < -0.39 is 5.78 Å². The molecule has 152 valence electrons. The van der Waals surface area contributed by atoms with Gasteiger partial charge in [0.1, 0.15) is 12.3 Å². The van der Waals surface area contributed by atoms with Crippen molar-refractivity contribution in [2.24, 2.45) is 0 Å². The Balaban J connectivity index is 2.32. The van der Waals surface area contributed by atoms with Crippen LogP contribution in [0.5, 0.6) is 0 Å². The van der Waals surface area contributed by atoms with Crippen LogP contribution in [-0.4, -0.2) is 16.8 Å². The number of hydrogen-bond donors (Lipinski definition) is 0. The topological polar surface area (TPSA) is 48.3 Å². The number of aryl methyl sites for hydroxylation is 1. The van der Waals surface area contributed by atoms with Gasteiger partial charge in [-0.3, -0.25) is 9.59 Å². The monoisotopic (exact) mass is 447 g/mol. The molecule has 0 aliphatic carbocycles. The molecule has 0 fully saturated rings. The van der Waals surface area contributed by atoms with E-state index in [0.717, 1.165) is 72.5 Å². The molecule has 0 aliphatic rings. The van der Waals surface area contributed by atoms with Crippen molar-refractivity contribution < 1.29 is 14.4 Å². The van der Waals surface area contributed by atoms with E-state index in [1.807, 2.05) is 30.5 Å². The second kappa shape index (κ2) is 11.8. The van der Waals surface area contributed by atoms with Gasteiger partial charge >= 0.3 is 0 Å². The second-order valence-electron chi connectivity index (χ2n) is 7.07. The summed E-state index contributed by atoms with van der Waals surface area (Å²) in [5.74, 6) is -0.514. The van der Waals surface area contributed by atoms with Crippen LogP contribution in [0, 0.1) is 0 Å². The SMILES string of the molecule is CCCCCc1cn(OCc2ccccc2Br)c(C(=O)C=O)c1CCCCC. The van der Waals surface area contributed by atoms with Gasteiger partial charge in [0.25, 0.3) is 0 Å². The van der Waals surface area contributed by atoms with Gasteiger partial charge in [-0.15, -0.1) is 0 Å². The Morgan fingerprint density at radius 1 is 1.04 bits per heavy atom. The Morgan fingerprint density at radius 2 is 1.71 bits per heavy atom. The van der Waals surface area contributed by atoms with Gasteiger partial charge in [0.15, 0.2) is 6.29 Å². The molecule has 4 nitrogen and oxygen atoms in total. The molecule has 1 aromatic heterocycles. The van der Waals surface area contributed by atoms with Crippen molar-refractivity contribution in [3.05, 3.63) is 57.3 Å². The molecular weight excluding hydrogens is 418 g/mol. The lowest BCUT2D eigenvalue weighted by molar-refractivity contribution is -0.104. The predicted molar refractivity (Wildman–Crippen MR) is 116 cm³/mol. The number of benzene rings is 1. The molecule has 2 rings (SSSR count). The third-order valence-corrected chi connectivity index (χ3v) is 5.68. The van der Waals surface area contributed by atoms with Crippen LogP contribution in [0.2, 0.25) is 0 Å². The van der Waals surface area contributed by atoms with Crippen LogP contribution in [-0.2, 0) is 24.2 Å². The van der Waals surface area contributed by atoms with Crippen molar-refractivity contribution in [1.82, 2.24) is 4.73 Å². The van der Waals surface area contributed by atoms with Crippen molar-refractivity contribution in [2.45, 2.75) is 71.8 Å². The van der Waals surface area contributed by atoms with E-state index in [-0.39, 0.29) is 0 Å². The lowest BCUT2D eigenvalue weighted by Crippen LogP contribution is -2.18. The Morgan fingerprint density at radius 3 is 2.36 bits per heavy atom. The van der Waals surface area contributed by atoms with Gasteiger partial charge < -0.3 is 4.84 Å². The minimum atomic E-state index is -0.514. The van der Waals surface area contributed by atoms with Crippen LogP contribution in [0.3, 0.4) is 0 Å². The number of carbonyl (C=O) groups is 2. The van der Waals surface area contributed by atoms with E-state index in [1.165, 1.54) is 4.73 Å². The highest BCUT2D eigenvalue weighted by atomic mass is 79.9. The van der Waals surface area contributed by atoms with E-state index in [1.54, 1.807) is 0 Å². The predicted octanol–water partition coefficient (Wildman–Crippen LogP) is 5.73. The first-order valence-electron chi connectivity index (χ1n) is 10.2. The normalized spacial score (nSPS) is 10.8. The number of aldehydes is 1. The van der Waals surface area contributed by atoms with Crippen LogP contribution < -0.4 is 4.84 Å². The third-order valence-electron chi connectivity index (χ3n) is 4.90. The second-order valence-corrected chi connectivity index (χ2v) is 7.92. The molecule has 2 aromatic rings. The highest BCUT2D eigenvalue weighted by Gasteiger charge is 2.22. The van der Waals surface area contributed by atoms with Gasteiger partial charge in [0.2, 0.25) is 5.78 Å². The van der Waals surface area contributed by atoms with E-state index in [0.29, 0.717) is 18.6 Å². The van der Waals surface area contributed by atoms with Crippen LogP contribution in [0.4, 0.5) is 0 Å². The van der Waals surface area contributed by atoms with Crippen molar-refractivity contribution >= 4 is 28.0 Å². The van der Waals surface area contributed by atoms with Gasteiger partial charge in [-0.1, -0.05) is 73.7 Å². The van der Waals surface area contributed by atoms with Gasteiger partial charge in [0, 0.05) is 16.2 Å². The molecule has 1 heterocycles. The van der Waals surface area contributed by atoms with Gasteiger partial charge in [-0.25, -0.2) is 0 Å². The number of aromatic nitrogens is 1. The maximum atomic E-state index is 12.4. The van der Waals surface area contributed by atoms with E-state index in [2.05, 4.69) is 29.8 Å².